The fourth-order valence-corrected chi connectivity index (χ4v) is 3.19. The Balaban J connectivity index is 1.89. The van der Waals surface area contributed by atoms with Gasteiger partial charge in [-0.25, -0.2) is 0 Å². The Bertz CT molecular complexity index is 905. The highest BCUT2D eigenvalue weighted by Crippen LogP contribution is 2.40. The summed E-state index contributed by atoms with van der Waals surface area (Å²) in [5, 5.41) is 2.86. The van der Waals surface area contributed by atoms with Crippen LogP contribution in [0.3, 0.4) is 0 Å². The fraction of sp³-hybridized carbons (Fsp3) is 0.182. The molecule has 0 saturated carbocycles. The summed E-state index contributed by atoms with van der Waals surface area (Å²) < 4.78 is 0. The number of ketones is 1. The summed E-state index contributed by atoms with van der Waals surface area (Å²) in [6.07, 6.45) is 0. The van der Waals surface area contributed by atoms with Gasteiger partial charge in [-0.15, -0.1) is 0 Å². The molecule has 1 N–H and O–H groups in total. The molecule has 0 bridgehead atoms. The minimum absolute atomic E-state index is 0.446. The van der Waals surface area contributed by atoms with Gasteiger partial charge in [-0.05, 0) is 48.6 Å². The zero-order valence-corrected chi connectivity index (χ0v) is 14.7. The Hall–Kier alpha value is -2.94. The van der Waals surface area contributed by atoms with Crippen molar-refractivity contribution in [3.63, 3.8) is 0 Å². The third-order valence-electron chi connectivity index (χ3n) is 4.70. The van der Waals surface area contributed by atoms with Gasteiger partial charge in [-0.3, -0.25) is 9.59 Å². The molecule has 0 atom stereocenters. The molecule has 2 aromatic carbocycles. The van der Waals surface area contributed by atoms with Crippen LogP contribution in [0, 0.1) is 0 Å². The second-order valence-corrected chi connectivity index (χ2v) is 6.80. The molecule has 0 radical (unpaired) electrons. The van der Waals surface area contributed by atoms with Crippen molar-refractivity contribution in [1.29, 1.82) is 0 Å². The molecule has 0 saturated heterocycles. The topological polar surface area (TPSA) is 46.2 Å². The van der Waals surface area contributed by atoms with E-state index in [4.69, 9.17) is 0 Å². The zero-order chi connectivity index (χ0) is 18.2. The Labute approximate surface area is 148 Å². The van der Waals surface area contributed by atoms with E-state index in [2.05, 4.69) is 11.9 Å². The van der Waals surface area contributed by atoms with Crippen LogP contribution in [-0.4, -0.2) is 11.7 Å². The third kappa shape index (κ3) is 2.93. The first kappa shape index (κ1) is 16.9. The summed E-state index contributed by atoms with van der Waals surface area (Å²) in [5.74, 6) is -1.12. The Morgan fingerprint density at radius 2 is 1.48 bits per heavy atom. The lowest BCUT2D eigenvalue weighted by Gasteiger charge is -2.26. The van der Waals surface area contributed by atoms with Crippen LogP contribution in [0.5, 0.6) is 0 Å². The van der Waals surface area contributed by atoms with Gasteiger partial charge in [0.05, 0.1) is 5.54 Å². The van der Waals surface area contributed by atoms with E-state index < -0.39 is 17.2 Å². The van der Waals surface area contributed by atoms with E-state index in [-0.39, 0.29) is 0 Å². The molecule has 1 aliphatic carbocycles. The van der Waals surface area contributed by atoms with Gasteiger partial charge >= 0.3 is 0 Å². The largest absolute Gasteiger partial charge is 0.340 e. The number of hydrogen-bond donors (Lipinski definition) is 1. The standard InChI is InChI=1S/C22H21NO2/c1-14-15(2)19(18-13-9-8-12-17(14)18)20(24)21(25)23-22(3,4)16-10-6-5-7-11-16/h5-13H,1H2,2-4H3,(H,23,25). The van der Waals surface area contributed by atoms with Crippen LogP contribution in [0.15, 0.2) is 66.7 Å². The molecule has 0 unspecified atom stereocenters. The first-order valence-corrected chi connectivity index (χ1v) is 8.25. The van der Waals surface area contributed by atoms with Crippen LogP contribution in [0.2, 0.25) is 0 Å². The number of carbonyl (C=O) groups is 2. The molecular weight excluding hydrogens is 310 g/mol. The maximum atomic E-state index is 12.9. The van der Waals surface area contributed by atoms with Gasteiger partial charge in [0.1, 0.15) is 0 Å². The molecule has 3 nitrogen and oxygen atoms in total. The van der Waals surface area contributed by atoms with Crippen LogP contribution in [0.1, 0.15) is 37.5 Å². The zero-order valence-electron chi connectivity index (χ0n) is 14.7. The van der Waals surface area contributed by atoms with Crippen LogP contribution in [0.25, 0.3) is 11.1 Å². The van der Waals surface area contributed by atoms with Gasteiger partial charge in [-0.2, -0.15) is 0 Å². The monoisotopic (exact) mass is 331 g/mol. The molecule has 0 heterocycles. The summed E-state index contributed by atoms with van der Waals surface area (Å²) in [6.45, 7) is 9.66. The number of nitrogens with one attached hydrogen (secondary N) is 1. The summed E-state index contributed by atoms with van der Waals surface area (Å²) >= 11 is 0. The third-order valence-corrected chi connectivity index (χ3v) is 4.70. The fourth-order valence-electron chi connectivity index (χ4n) is 3.19. The van der Waals surface area contributed by atoms with Gasteiger partial charge in [0.25, 0.3) is 11.7 Å². The number of hydrogen-bond acceptors (Lipinski definition) is 2. The highest BCUT2D eigenvalue weighted by molar-refractivity contribution is 6.55. The number of benzene rings is 2. The summed E-state index contributed by atoms with van der Waals surface area (Å²) in [7, 11) is 0. The minimum Gasteiger partial charge on any atom is -0.340 e. The average molecular weight is 331 g/mol. The van der Waals surface area contributed by atoms with E-state index in [1.165, 1.54) is 0 Å². The first-order chi connectivity index (χ1) is 11.8. The van der Waals surface area contributed by atoms with Crippen molar-refractivity contribution in [3.05, 3.63) is 83.4 Å². The highest BCUT2D eigenvalue weighted by Gasteiger charge is 2.33. The van der Waals surface area contributed by atoms with Crippen LogP contribution in [0.4, 0.5) is 0 Å². The van der Waals surface area contributed by atoms with Crippen molar-refractivity contribution >= 4 is 22.8 Å². The minimum atomic E-state index is -0.641. The molecule has 1 amide bonds. The smallest absolute Gasteiger partial charge is 0.293 e. The normalized spacial score (nSPS) is 13.6. The van der Waals surface area contributed by atoms with Gasteiger partial charge in [0.15, 0.2) is 0 Å². The lowest BCUT2D eigenvalue weighted by atomic mass is 9.93. The van der Waals surface area contributed by atoms with E-state index in [9.17, 15) is 9.59 Å². The molecule has 0 aromatic heterocycles. The SMILES string of the molecule is C=C1C(C)=C(C(=O)C(=O)NC(C)(C)c2ccccc2)c2ccccc21. The van der Waals surface area contributed by atoms with Crippen molar-refractivity contribution < 1.29 is 9.59 Å². The number of allylic oxidation sites excluding steroid dienone is 2. The highest BCUT2D eigenvalue weighted by atomic mass is 16.2. The van der Waals surface area contributed by atoms with Crippen molar-refractivity contribution in [1.82, 2.24) is 5.32 Å². The first-order valence-electron chi connectivity index (χ1n) is 8.25. The Kier molecular flexibility index (Phi) is 4.17. The maximum Gasteiger partial charge on any atom is 0.293 e. The van der Waals surface area contributed by atoms with Gasteiger partial charge < -0.3 is 5.32 Å². The molecular formula is C22H21NO2. The molecule has 0 fully saturated rings. The molecule has 1 aliphatic rings. The van der Waals surface area contributed by atoms with Crippen molar-refractivity contribution in [2.75, 3.05) is 0 Å². The maximum absolute atomic E-state index is 12.9. The second kappa shape index (κ2) is 6.17. The van der Waals surface area contributed by atoms with E-state index in [0.29, 0.717) is 5.57 Å². The predicted molar refractivity (Wildman–Crippen MR) is 101 cm³/mol. The number of amides is 1. The van der Waals surface area contributed by atoms with Crippen molar-refractivity contribution in [2.24, 2.45) is 0 Å². The predicted octanol–water partition coefficient (Wildman–Crippen LogP) is 4.11. The number of carbonyl (C=O) groups excluding carboxylic acids is 2. The molecule has 0 aliphatic heterocycles. The molecule has 0 spiro atoms. The van der Waals surface area contributed by atoms with Gasteiger partial charge in [-0.1, -0.05) is 61.2 Å². The van der Waals surface area contributed by atoms with E-state index in [0.717, 1.165) is 27.8 Å². The van der Waals surface area contributed by atoms with E-state index >= 15 is 0 Å². The summed E-state index contributed by atoms with van der Waals surface area (Å²) in [6, 6.07) is 17.2. The lowest BCUT2D eigenvalue weighted by molar-refractivity contribution is -0.135. The van der Waals surface area contributed by atoms with Gasteiger partial charge in [0.2, 0.25) is 0 Å². The summed E-state index contributed by atoms with van der Waals surface area (Å²) in [5.41, 5.74) is 4.01. The lowest BCUT2D eigenvalue weighted by Crippen LogP contribution is -2.44. The number of Topliss-reactive ketones (excluding diaryl/α,β-unsaturated/α-hetero) is 1. The quantitative estimate of drug-likeness (QED) is 0.857. The van der Waals surface area contributed by atoms with Crippen LogP contribution >= 0.6 is 0 Å². The second-order valence-electron chi connectivity index (χ2n) is 6.80. The molecule has 2 aromatic rings. The van der Waals surface area contributed by atoms with Gasteiger partial charge in [0, 0.05) is 5.57 Å². The Morgan fingerprint density at radius 1 is 0.920 bits per heavy atom. The van der Waals surface area contributed by atoms with Crippen LogP contribution in [-0.2, 0) is 15.1 Å². The Morgan fingerprint density at radius 3 is 2.12 bits per heavy atom. The van der Waals surface area contributed by atoms with E-state index in [1.54, 1.807) is 0 Å². The van der Waals surface area contributed by atoms with Crippen molar-refractivity contribution in [2.45, 2.75) is 26.3 Å². The summed E-state index contributed by atoms with van der Waals surface area (Å²) in [4.78, 5) is 25.5. The van der Waals surface area contributed by atoms with E-state index in [1.807, 2.05) is 75.4 Å². The molecule has 3 rings (SSSR count). The molecule has 3 heteroatoms. The molecule has 25 heavy (non-hydrogen) atoms. The average Bonchev–Trinajstić information content (AvgIpc) is 2.86. The van der Waals surface area contributed by atoms with Crippen LogP contribution < -0.4 is 5.32 Å². The molecule has 126 valence electrons. The van der Waals surface area contributed by atoms with Crippen molar-refractivity contribution in [3.8, 4) is 0 Å². The number of rotatable bonds is 4. The number of fused-ring (bicyclic) bond motifs is 1.